The summed E-state index contributed by atoms with van der Waals surface area (Å²) in [6.45, 7) is 0.129. The lowest BCUT2D eigenvalue weighted by Gasteiger charge is -2.11. The number of nitro groups is 1. The molecule has 8 heteroatoms. The third-order valence-corrected chi connectivity index (χ3v) is 4.48. The summed E-state index contributed by atoms with van der Waals surface area (Å²) in [6, 6.07) is 19.4. The summed E-state index contributed by atoms with van der Waals surface area (Å²) in [5, 5.41) is 16.1. The highest BCUT2D eigenvalue weighted by Crippen LogP contribution is 2.24. The summed E-state index contributed by atoms with van der Waals surface area (Å²) >= 11 is 6.01. The predicted molar refractivity (Wildman–Crippen MR) is 118 cm³/mol. The Morgan fingerprint density at radius 2 is 1.65 bits per heavy atom. The Bertz CT molecular complexity index is 1200. The van der Waals surface area contributed by atoms with E-state index in [1.165, 1.54) is 12.1 Å². The highest BCUT2D eigenvalue weighted by atomic mass is 35.5. The quantitative estimate of drug-likeness (QED) is 0.356. The fourth-order valence-corrected chi connectivity index (χ4v) is 2.93. The Balaban J connectivity index is 1.70. The number of nitro benzene ring substituents is 1. The van der Waals surface area contributed by atoms with Gasteiger partial charge in [0.1, 0.15) is 0 Å². The summed E-state index contributed by atoms with van der Waals surface area (Å²) in [5.41, 5.74) is 1.18. The lowest BCUT2D eigenvalue weighted by molar-refractivity contribution is -0.384. The van der Waals surface area contributed by atoms with Crippen molar-refractivity contribution in [1.82, 2.24) is 5.32 Å². The molecule has 3 rings (SSSR count). The number of amides is 2. The molecule has 3 aromatic rings. The number of hydrogen-bond acceptors (Lipinski definition) is 4. The average molecular weight is 434 g/mol. The highest BCUT2D eigenvalue weighted by Gasteiger charge is 2.17. The van der Waals surface area contributed by atoms with Gasteiger partial charge in [0, 0.05) is 17.7 Å². The zero-order chi connectivity index (χ0) is 22.2. The second-order valence-electron chi connectivity index (χ2n) is 6.27. The summed E-state index contributed by atoms with van der Waals surface area (Å²) in [7, 11) is 0. The molecule has 0 fully saturated rings. The van der Waals surface area contributed by atoms with E-state index in [2.05, 4.69) is 22.5 Å². The van der Waals surface area contributed by atoms with Crippen molar-refractivity contribution in [2.45, 2.75) is 0 Å². The summed E-state index contributed by atoms with van der Waals surface area (Å²) in [4.78, 5) is 35.4. The number of carbonyl (C=O) groups excluding carboxylic acids is 2. The van der Waals surface area contributed by atoms with Crippen molar-refractivity contribution in [2.75, 3.05) is 11.9 Å². The van der Waals surface area contributed by atoms with E-state index in [1.54, 1.807) is 24.3 Å². The van der Waals surface area contributed by atoms with Crippen LogP contribution in [0.15, 0.2) is 72.8 Å². The molecular weight excluding hydrogens is 418 g/mol. The zero-order valence-electron chi connectivity index (χ0n) is 16.1. The van der Waals surface area contributed by atoms with Gasteiger partial charge in [-0.2, -0.15) is 0 Å². The maximum Gasteiger partial charge on any atom is 0.270 e. The smallest absolute Gasteiger partial charge is 0.270 e. The molecule has 0 aliphatic rings. The maximum atomic E-state index is 12.6. The van der Waals surface area contributed by atoms with Gasteiger partial charge in [0.05, 0.1) is 33.3 Å². The van der Waals surface area contributed by atoms with E-state index in [-0.39, 0.29) is 34.1 Å². The monoisotopic (exact) mass is 433 g/mol. The third-order valence-electron chi connectivity index (χ3n) is 4.17. The average Bonchev–Trinajstić information content (AvgIpc) is 2.77. The molecule has 0 spiro atoms. The van der Waals surface area contributed by atoms with Gasteiger partial charge in [-0.15, -0.1) is 0 Å². The van der Waals surface area contributed by atoms with Crippen LogP contribution in [-0.2, 0) is 0 Å². The van der Waals surface area contributed by atoms with Crippen LogP contribution in [0.2, 0.25) is 5.02 Å². The number of carbonyl (C=O) groups is 2. The number of non-ortho nitro benzene ring substituents is 1. The fourth-order valence-electron chi connectivity index (χ4n) is 2.67. The van der Waals surface area contributed by atoms with Gasteiger partial charge in [0.25, 0.3) is 17.5 Å². The molecule has 0 saturated heterocycles. The standard InChI is InChI=1S/C23H16ClN3O4/c24-20-15-17(27(30)31)12-13-18(20)23(29)26-21-11-5-4-10-19(21)22(28)25-14-6-9-16-7-2-1-3-8-16/h1-5,7-8,10-13,15H,14H2,(H,25,28)(H,26,29). The first-order chi connectivity index (χ1) is 15.0. The minimum atomic E-state index is -0.603. The molecule has 0 aromatic heterocycles. The second kappa shape index (κ2) is 10.1. The van der Waals surface area contributed by atoms with Crippen LogP contribution in [0.3, 0.4) is 0 Å². The van der Waals surface area contributed by atoms with Crippen molar-refractivity contribution in [3.05, 3.63) is 105 Å². The van der Waals surface area contributed by atoms with Crippen molar-refractivity contribution >= 4 is 34.8 Å². The van der Waals surface area contributed by atoms with E-state index in [4.69, 9.17) is 11.6 Å². The lowest BCUT2D eigenvalue weighted by Crippen LogP contribution is -2.25. The van der Waals surface area contributed by atoms with E-state index in [1.807, 2.05) is 30.3 Å². The van der Waals surface area contributed by atoms with E-state index in [0.717, 1.165) is 11.6 Å². The maximum absolute atomic E-state index is 12.6. The minimum absolute atomic E-state index is 0.0520. The normalized spacial score (nSPS) is 9.84. The molecule has 154 valence electrons. The summed E-state index contributed by atoms with van der Waals surface area (Å²) in [6.07, 6.45) is 0. The summed E-state index contributed by atoms with van der Waals surface area (Å²) in [5.74, 6) is 4.81. The Morgan fingerprint density at radius 1 is 0.935 bits per heavy atom. The molecule has 2 amide bonds. The minimum Gasteiger partial charge on any atom is -0.341 e. The number of nitrogens with zero attached hydrogens (tertiary/aromatic N) is 1. The van der Waals surface area contributed by atoms with E-state index in [9.17, 15) is 19.7 Å². The molecule has 0 saturated carbocycles. The van der Waals surface area contributed by atoms with Gasteiger partial charge in [-0.3, -0.25) is 19.7 Å². The Morgan fingerprint density at radius 3 is 2.35 bits per heavy atom. The van der Waals surface area contributed by atoms with Crippen LogP contribution in [-0.4, -0.2) is 23.3 Å². The van der Waals surface area contributed by atoms with Gasteiger partial charge in [-0.05, 0) is 30.3 Å². The van der Waals surface area contributed by atoms with Crippen LogP contribution in [0, 0.1) is 22.0 Å². The molecule has 0 radical (unpaired) electrons. The predicted octanol–water partition coefficient (Wildman–Crippen LogP) is 4.28. The van der Waals surface area contributed by atoms with Crippen LogP contribution < -0.4 is 10.6 Å². The number of nitrogens with one attached hydrogen (secondary N) is 2. The molecule has 0 bridgehead atoms. The topological polar surface area (TPSA) is 101 Å². The van der Waals surface area contributed by atoms with Gasteiger partial charge in [0.2, 0.25) is 0 Å². The molecule has 0 unspecified atom stereocenters. The molecular formula is C23H16ClN3O4. The number of halogens is 1. The highest BCUT2D eigenvalue weighted by molar-refractivity contribution is 6.34. The first kappa shape index (κ1) is 21.6. The van der Waals surface area contributed by atoms with Gasteiger partial charge < -0.3 is 10.6 Å². The van der Waals surface area contributed by atoms with Crippen molar-refractivity contribution < 1.29 is 14.5 Å². The van der Waals surface area contributed by atoms with Crippen molar-refractivity contribution in [3.63, 3.8) is 0 Å². The van der Waals surface area contributed by atoms with Crippen LogP contribution in [0.1, 0.15) is 26.3 Å². The number of para-hydroxylation sites is 1. The molecule has 7 nitrogen and oxygen atoms in total. The molecule has 0 heterocycles. The fraction of sp³-hybridized carbons (Fsp3) is 0.0435. The summed E-state index contributed by atoms with van der Waals surface area (Å²) < 4.78 is 0. The van der Waals surface area contributed by atoms with E-state index >= 15 is 0 Å². The Labute approximate surface area is 183 Å². The van der Waals surface area contributed by atoms with Crippen molar-refractivity contribution in [2.24, 2.45) is 0 Å². The van der Waals surface area contributed by atoms with Gasteiger partial charge in [-0.1, -0.05) is 53.8 Å². The van der Waals surface area contributed by atoms with Crippen LogP contribution in [0.4, 0.5) is 11.4 Å². The van der Waals surface area contributed by atoms with Crippen LogP contribution in [0.25, 0.3) is 0 Å². The van der Waals surface area contributed by atoms with E-state index < -0.39 is 16.7 Å². The van der Waals surface area contributed by atoms with Gasteiger partial charge in [-0.25, -0.2) is 0 Å². The SMILES string of the molecule is O=C(Nc1ccccc1C(=O)NCC#Cc1ccccc1)c1ccc([N+](=O)[O-])cc1Cl. The number of benzene rings is 3. The van der Waals surface area contributed by atoms with E-state index in [0.29, 0.717) is 0 Å². The number of rotatable bonds is 5. The van der Waals surface area contributed by atoms with Crippen LogP contribution >= 0.6 is 11.6 Å². The largest absolute Gasteiger partial charge is 0.341 e. The molecule has 0 aliphatic carbocycles. The molecule has 2 N–H and O–H groups in total. The Kier molecular flexibility index (Phi) is 6.99. The lowest BCUT2D eigenvalue weighted by atomic mass is 10.1. The third kappa shape index (κ3) is 5.69. The number of hydrogen-bond donors (Lipinski definition) is 2. The Hall–Kier alpha value is -4.15. The molecule has 0 atom stereocenters. The number of anilines is 1. The van der Waals surface area contributed by atoms with Gasteiger partial charge >= 0.3 is 0 Å². The van der Waals surface area contributed by atoms with Crippen molar-refractivity contribution in [1.29, 1.82) is 0 Å². The molecule has 0 aliphatic heterocycles. The van der Waals surface area contributed by atoms with Crippen LogP contribution in [0.5, 0.6) is 0 Å². The molecule has 31 heavy (non-hydrogen) atoms. The van der Waals surface area contributed by atoms with Gasteiger partial charge in [0.15, 0.2) is 0 Å². The first-order valence-electron chi connectivity index (χ1n) is 9.12. The molecule has 3 aromatic carbocycles. The second-order valence-corrected chi connectivity index (χ2v) is 6.68. The van der Waals surface area contributed by atoms with Crippen molar-refractivity contribution in [3.8, 4) is 11.8 Å². The zero-order valence-corrected chi connectivity index (χ0v) is 16.8. The first-order valence-corrected chi connectivity index (χ1v) is 9.50.